The monoisotopic (exact) mass is 397 g/mol. The molecule has 2 unspecified atom stereocenters. The Morgan fingerprint density at radius 1 is 1.21 bits per heavy atom. The first-order valence-corrected chi connectivity index (χ1v) is 11.0. The molecule has 3 heterocycles. The van der Waals surface area contributed by atoms with Gasteiger partial charge >= 0.3 is 0 Å². The number of nitrogens with one attached hydrogen (secondary N) is 2. The van der Waals surface area contributed by atoms with Gasteiger partial charge < -0.3 is 10.6 Å². The van der Waals surface area contributed by atoms with Crippen LogP contribution < -0.4 is 10.6 Å². The molecule has 0 saturated carbocycles. The van der Waals surface area contributed by atoms with E-state index in [9.17, 15) is 9.59 Å². The van der Waals surface area contributed by atoms with E-state index in [0.29, 0.717) is 25.8 Å². The Morgan fingerprint density at radius 2 is 2.04 bits per heavy atom. The molecule has 1 fully saturated rings. The topological polar surface area (TPSA) is 61.4 Å². The van der Waals surface area contributed by atoms with Gasteiger partial charge in [-0.3, -0.25) is 14.5 Å². The zero-order chi connectivity index (χ0) is 19.3. The maximum Gasteiger partial charge on any atom is 0.227 e. The van der Waals surface area contributed by atoms with E-state index < -0.39 is 0 Å². The van der Waals surface area contributed by atoms with E-state index in [4.69, 9.17) is 0 Å². The van der Waals surface area contributed by atoms with E-state index in [-0.39, 0.29) is 23.8 Å². The first-order chi connectivity index (χ1) is 13.7. The Balaban J connectivity index is 1.29. The van der Waals surface area contributed by atoms with Crippen LogP contribution in [0.3, 0.4) is 0 Å². The van der Waals surface area contributed by atoms with Gasteiger partial charge in [0.2, 0.25) is 11.8 Å². The van der Waals surface area contributed by atoms with Gasteiger partial charge in [0.25, 0.3) is 0 Å². The van der Waals surface area contributed by atoms with E-state index in [1.165, 1.54) is 17.7 Å². The number of hydrogen-bond acceptors (Lipinski definition) is 4. The number of para-hydroxylation sites is 1. The Hall–Kier alpha value is -2.18. The molecule has 2 aliphatic heterocycles. The second-order valence-electron chi connectivity index (χ2n) is 7.66. The van der Waals surface area contributed by atoms with Crippen LogP contribution in [0.15, 0.2) is 41.8 Å². The van der Waals surface area contributed by atoms with Crippen LogP contribution in [0, 0.1) is 5.92 Å². The summed E-state index contributed by atoms with van der Waals surface area (Å²) >= 11 is 1.75. The lowest BCUT2D eigenvalue weighted by molar-refractivity contribution is -0.123. The summed E-state index contributed by atoms with van der Waals surface area (Å²) in [7, 11) is 0. The summed E-state index contributed by atoms with van der Waals surface area (Å²) in [5.41, 5.74) is 2.05. The molecule has 148 valence electrons. The average molecular weight is 398 g/mol. The van der Waals surface area contributed by atoms with E-state index in [0.717, 1.165) is 24.3 Å². The van der Waals surface area contributed by atoms with E-state index in [2.05, 4.69) is 33.0 Å². The van der Waals surface area contributed by atoms with Crippen molar-refractivity contribution in [1.82, 2.24) is 10.2 Å². The Labute approximate surface area is 170 Å². The molecule has 1 aromatic carbocycles. The van der Waals surface area contributed by atoms with Gasteiger partial charge in [-0.1, -0.05) is 24.3 Å². The molecule has 1 saturated heterocycles. The molecule has 2 atom stereocenters. The SMILES string of the molecule is O=C(CCC1Cc2ccccc2NC1=O)NCC(c1cccs1)N1CCCC1. The summed E-state index contributed by atoms with van der Waals surface area (Å²) in [5.74, 6) is -0.0697. The van der Waals surface area contributed by atoms with Crippen molar-refractivity contribution in [3.8, 4) is 0 Å². The van der Waals surface area contributed by atoms with Crippen LogP contribution in [0.1, 0.15) is 42.2 Å². The number of nitrogens with zero attached hydrogens (tertiary/aromatic N) is 1. The minimum absolute atomic E-state index is 0.0278. The molecule has 2 aromatic rings. The number of anilines is 1. The third-order valence-electron chi connectivity index (χ3n) is 5.78. The maximum atomic E-state index is 12.5. The van der Waals surface area contributed by atoms with Crippen LogP contribution in [-0.4, -0.2) is 36.3 Å². The van der Waals surface area contributed by atoms with Gasteiger partial charge in [0.1, 0.15) is 0 Å². The number of carbonyl (C=O) groups excluding carboxylic acids is 2. The zero-order valence-electron chi connectivity index (χ0n) is 16.0. The van der Waals surface area contributed by atoms with Crippen LogP contribution >= 0.6 is 11.3 Å². The fourth-order valence-electron chi connectivity index (χ4n) is 4.19. The number of amides is 2. The highest BCUT2D eigenvalue weighted by Gasteiger charge is 2.27. The third-order valence-corrected chi connectivity index (χ3v) is 6.75. The molecular weight excluding hydrogens is 370 g/mol. The fourth-order valence-corrected chi connectivity index (χ4v) is 5.06. The summed E-state index contributed by atoms with van der Waals surface area (Å²) in [6, 6.07) is 12.4. The van der Waals surface area contributed by atoms with Gasteiger partial charge in [-0.05, 0) is 61.8 Å². The van der Waals surface area contributed by atoms with Gasteiger partial charge in [0.15, 0.2) is 0 Å². The second kappa shape index (κ2) is 8.88. The molecule has 28 heavy (non-hydrogen) atoms. The molecule has 0 aliphatic carbocycles. The molecule has 5 nitrogen and oxygen atoms in total. The number of hydrogen-bond donors (Lipinski definition) is 2. The number of likely N-dealkylation sites (tertiary alicyclic amines) is 1. The lowest BCUT2D eigenvalue weighted by atomic mass is 9.89. The third kappa shape index (κ3) is 4.45. The van der Waals surface area contributed by atoms with Crippen LogP contribution in [-0.2, 0) is 16.0 Å². The smallest absolute Gasteiger partial charge is 0.227 e. The first-order valence-electron chi connectivity index (χ1n) is 10.1. The predicted molar refractivity (Wildman–Crippen MR) is 112 cm³/mol. The average Bonchev–Trinajstić information content (AvgIpc) is 3.41. The number of thiophene rings is 1. The number of carbonyl (C=O) groups is 2. The van der Waals surface area contributed by atoms with Gasteiger partial charge in [0, 0.05) is 29.4 Å². The number of fused-ring (bicyclic) bond motifs is 1. The van der Waals surface area contributed by atoms with Gasteiger partial charge in [-0.2, -0.15) is 0 Å². The molecule has 4 rings (SSSR count). The highest BCUT2D eigenvalue weighted by molar-refractivity contribution is 7.10. The van der Waals surface area contributed by atoms with Crippen molar-refractivity contribution in [2.45, 2.75) is 38.1 Å². The van der Waals surface area contributed by atoms with Crippen LogP contribution in [0.4, 0.5) is 5.69 Å². The van der Waals surface area contributed by atoms with Crippen molar-refractivity contribution in [1.29, 1.82) is 0 Å². The quantitative estimate of drug-likeness (QED) is 0.751. The summed E-state index contributed by atoms with van der Waals surface area (Å²) in [6.45, 7) is 2.83. The van der Waals surface area contributed by atoms with Crippen molar-refractivity contribution < 1.29 is 9.59 Å². The fraction of sp³-hybridized carbons (Fsp3) is 0.455. The second-order valence-corrected chi connectivity index (χ2v) is 8.64. The van der Waals surface area contributed by atoms with Crippen LogP contribution in [0.2, 0.25) is 0 Å². The minimum Gasteiger partial charge on any atom is -0.354 e. The Morgan fingerprint density at radius 3 is 2.82 bits per heavy atom. The highest BCUT2D eigenvalue weighted by atomic mass is 32.1. The first kappa shape index (κ1) is 19.2. The number of benzene rings is 1. The normalized spacial score (nSPS) is 20.4. The summed E-state index contributed by atoms with van der Waals surface area (Å²) in [6.07, 6.45) is 4.14. The summed E-state index contributed by atoms with van der Waals surface area (Å²) in [4.78, 5) is 28.6. The van der Waals surface area contributed by atoms with Crippen LogP contribution in [0.5, 0.6) is 0 Å². The molecule has 2 N–H and O–H groups in total. The van der Waals surface area contributed by atoms with Crippen molar-refractivity contribution in [3.05, 3.63) is 52.2 Å². The molecule has 0 spiro atoms. The largest absolute Gasteiger partial charge is 0.354 e. The van der Waals surface area contributed by atoms with E-state index in [1.54, 1.807) is 11.3 Å². The standard InChI is InChI=1S/C22H27N3O2S/c26-21(10-9-17-14-16-6-1-2-7-18(16)24-22(17)27)23-15-19(20-8-5-13-28-20)25-11-3-4-12-25/h1-2,5-8,13,17,19H,3-4,9-12,14-15H2,(H,23,26)(H,24,27). The molecule has 0 bridgehead atoms. The molecule has 6 heteroatoms. The van der Waals surface area contributed by atoms with Gasteiger partial charge in [-0.25, -0.2) is 0 Å². The van der Waals surface area contributed by atoms with Crippen LogP contribution in [0.25, 0.3) is 0 Å². The lowest BCUT2D eigenvalue weighted by Gasteiger charge is -2.27. The molecular formula is C22H27N3O2S. The van der Waals surface area contributed by atoms with Crippen molar-refractivity contribution in [3.63, 3.8) is 0 Å². The van der Waals surface area contributed by atoms with Gasteiger partial charge in [0.05, 0.1) is 6.04 Å². The summed E-state index contributed by atoms with van der Waals surface area (Å²) in [5, 5.41) is 8.18. The van der Waals surface area contributed by atoms with Crippen molar-refractivity contribution in [2.75, 3.05) is 25.0 Å². The van der Waals surface area contributed by atoms with Gasteiger partial charge in [-0.15, -0.1) is 11.3 Å². The maximum absolute atomic E-state index is 12.5. The van der Waals surface area contributed by atoms with Crippen molar-refractivity contribution >= 4 is 28.8 Å². The predicted octanol–water partition coefficient (Wildman–Crippen LogP) is 3.59. The molecule has 2 aliphatic rings. The molecule has 1 aromatic heterocycles. The van der Waals surface area contributed by atoms with E-state index >= 15 is 0 Å². The van der Waals surface area contributed by atoms with E-state index in [1.807, 2.05) is 24.3 Å². The highest BCUT2D eigenvalue weighted by Crippen LogP contribution is 2.29. The summed E-state index contributed by atoms with van der Waals surface area (Å²) < 4.78 is 0. The van der Waals surface area contributed by atoms with Crippen molar-refractivity contribution in [2.24, 2.45) is 5.92 Å². The lowest BCUT2D eigenvalue weighted by Crippen LogP contribution is -2.37. The minimum atomic E-state index is -0.132. The molecule has 2 amide bonds. The Kier molecular flexibility index (Phi) is 6.07. The Bertz CT molecular complexity index is 815. The number of rotatable bonds is 7. The molecule has 0 radical (unpaired) electrons. The zero-order valence-corrected chi connectivity index (χ0v) is 16.8.